The van der Waals surface area contributed by atoms with E-state index in [4.69, 9.17) is 16.6 Å². The smallest absolute Gasteiger partial charge is 0.337 e. The quantitative estimate of drug-likeness (QED) is 0.579. The van der Waals surface area contributed by atoms with Crippen LogP contribution in [0.4, 0.5) is 11.4 Å². The Hall–Kier alpha value is -2.24. The molecule has 0 aromatic heterocycles. The number of primary amides is 1. The molecule has 0 saturated carbocycles. The number of benzene rings is 1. The molecule has 0 radical (unpaired) electrons. The number of nitrogens with two attached hydrogens (primary N) is 2. The predicted octanol–water partition coefficient (Wildman–Crippen LogP) is 0.889. The normalized spacial score (nSPS) is 12.2. The zero-order chi connectivity index (χ0) is 13.9. The first-order valence-electron chi connectivity index (χ1n) is 5.51. The van der Waals surface area contributed by atoms with Gasteiger partial charge in [-0.15, -0.1) is 0 Å². The molecule has 0 bridgehead atoms. The highest BCUT2D eigenvalue weighted by Crippen LogP contribution is 2.21. The molecule has 18 heavy (non-hydrogen) atoms. The maximum atomic E-state index is 11.3. The summed E-state index contributed by atoms with van der Waals surface area (Å²) in [6.07, 6.45) is 0. The summed E-state index contributed by atoms with van der Waals surface area (Å²) in [6, 6.07) is 3.79. The van der Waals surface area contributed by atoms with Crippen LogP contribution in [0.2, 0.25) is 0 Å². The van der Waals surface area contributed by atoms with Crippen molar-refractivity contribution in [2.75, 3.05) is 11.1 Å². The maximum Gasteiger partial charge on any atom is 0.337 e. The molecule has 0 aliphatic rings. The number of carbonyl (C=O) groups excluding carboxylic acids is 1. The molecule has 1 rings (SSSR count). The third kappa shape index (κ3) is 3.13. The van der Waals surface area contributed by atoms with Gasteiger partial charge in [0, 0.05) is 11.4 Å². The fraction of sp³-hybridized carbons (Fsp3) is 0.333. The summed E-state index contributed by atoms with van der Waals surface area (Å²) in [7, 11) is 0. The Morgan fingerprint density at radius 3 is 2.39 bits per heavy atom. The lowest BCUT2D eigenvalue weighted by atomic mass is 10.0. The van der Waals surface area contributed by atoms with Gasteiger partial charge in [0.15, 0.2) is 0 Å². The van der Waals surface area contributed by atoms with Gasteiger partial charge in [0.25, 0.3) is 0 Å². The van der Waals surface area contributed by atoms with Gasteiger partial charge < -0.3 is 21.9 Å². The first-order valence-corrected chi connectivity index (χ1v) is 5.51. The van der Waals surface area contributed by atoms with Crippen LogP contribution in [0.5, 0.6) is 0 Å². The molecule has 6 heteroatoms. The lowest BCUT2D eigenvalue weighted by molar-refractivity contribution is -0.119. The molecule has 0 aliphatic heterocycles. The van der Waals surface area contributed by atoms with Crippen LogP contribution in [0.3, 0.4) is 0 Å². The second kappa shape index (κ2) is 5.39. The van der Waals surface area contributed by atoms with E-state index in [2.05, 4.69) is 5.32 Å². The van der Waals surface area contributed by atoms with Crippen LogP contribution >= 0.6 is 0 Å². The van der Waals surface area contributed by atoms with Crippen LogP contribution in [0.15, 0.2) is 18.2 Å². The molecule has 1 aromatic carbocycles. The molecule has 98 valence electrons. The Kier molecular flexibility index (Phi) is 4.14. The number of nitrogens with one attached hydrogen (secondary N) is 1. The average molecular weight is 251 g/mol. The molecule has 0 heterocycles. The fourth-order valence-electron chi connectivity index (χ4n) is 1.60. The van der Waals surface area contributed by atoms with E-state index < -0.39 is 17.9 Å². The number of hydrogen-bond donors (Lipinski definition) is 4. The monoisotopic (exact) mass is 251 g/mol. The van der Waals surface area contributed by atoms with Crippen LogP contribution < -0.4 is 16.8 Å². The van der Waals surface area contributed by atoms with Gasteiger partial charge in [0.05, 0.1) is 5.56 Å². The molecule has 1 atom stereocenters. The summed E-state index contributed by atoms with van der Waals surface area (Å²) < 4.78 is 0. The first-order chi connectivity index (χ1) is 8.32. The van der Waals surface area contributed by atoms with Crippen LogP contribution in [0.25, 0.3) is 0 Å². The predicted molar refractivity (Wildman–Crippen MR) is 69.3 cm³/mol. The zero-order valence-corrected chi connectivity index (χ0v) is 10.3. The SMILES string of the molecule is CC(C)C(Nc1ccc(N)cc1C(=O)O)C(N)=O. The van der Waals surface area contributed by atoms with Crippen molar-refractivity contribution >= 4 is 23.3 Å². The Morgan fingerprint density at radius 1 is 1.33 bits per heavy atom. The van der Waals surface area contributed by atoms with Gasteiger partial charge in [-0.05, 0) is 24.1 Å². The largest absolute Gasteiger partial charge is 0.478 e. The highest BCUT2D eigenvalue weighted by molar-refractivity contribution is 5.96. The lowest BCUT2D eigenvalue weighted by Gasteiger charge is -2.21. The zero-order valence-electron chi connectivity index (χ0n) is 10.3. The number of nitrogen functional groups attached to an aromatic ring is 1. The van der Waals surface area contributed by atoms with Crippen molar-refractivity contribution in [2.45, 2.75) is 19.9 Å². The Morgan fingerprint density at radius 2 is 1.94 bits per heavy atom. The van der Waals surface area contributed by atoms with Gasteiger partial charge >= 0.3 is 5.97 Å². The van der Waals surface area contributed by atoms with Gasteiger partial charge in [-0.25, -0.2) is 4.79 Å². The molecule has 1 aromatic rings. The second-order valence-corrected chi connectivity index (χ2v) is 4.38. The molecule has 6 nitrogen and oxygen atoms in total. The number of anilines is 2. The average Bonchev–Trinajstić information content (AvgIpc) is 2.25. The first kappa shape index (κ1) is 13.8. The minimum atomic E-state index is -1.11. The van der Waals surface area contributed by atoms with Gasteiger partial charge in [-0.2, -0.15) is 0 Å². The highest BCUT2D eigenvalue weighted by Gasteiger charge is 2.21. The van der Waals surface area contributed by atoms with Gasteiger partial charge in [0.2, 0.25) is 5.91 Å². The van der Waals surface area contributed by atoms with Crippen molar-refractivity contribution < 1.29 is 14.7 Å². The van der Waals surface area contributed by atoms with E-state index >= 15 is 0 Å². The molecule has 0 spiro atoms. The van der Waals surface area contributed by atoms with E-state index in [1.54, 1.807) is 6.07 Å². The van der Waals surface area contributed by atoms with Crippen molar-refractivity contribution in [3.8, 4) is 0 Å². The summed E-state index contributed by atoms with van der Waals surface area (Å²) in [4.78, 5) is 22.4. The number of hydrogen-bond acceptors (Lipinski definition) is 4. The van der Waals surface area contributed by atoms with E-state index in [9.17, 15) is 9.59 Å². The molecule has 0 fully saturated rings. The highest BCUT2D eigenvalue weighted by atomic mass is 16.4. The van der Waals surface area contributed by atoms with E-state index in [0.717, 1.165) is 0 Å². The Balaban J connectivity index is 3.10. The third-order valence-electron chi connectivity index (χ3n) is 2.56. The van der Waals surface area contributed by atoms with Crippen LogP contribution in [-0.4, -0.2) is 23.0 Å². The molecule has 1 unspecified atom stereocenters. The van der Waals surface area contributed by atoms with Crippen molar-refractivity contribution in [3.63, 3.8) is 0 Å². The Bertz CT molecular complexity index is 472. The summed E-state index contributed by atoms with van der Waals surface area (Å²) in [5.41, 5.74) is 11.5. The molecular formula is C12H17N3O3. The standard InChI is InChI=1S/C12H17N3O3/c1-6(2)10(11(14)16)15-9-4-3-7(13)5-8(9)12(17)18/h3-6,10,15H,13H2,1-2H3,(H2,14,16)(H,17,18). The van der Waals surface area contributed by atoms with E-state index in [-0.39, 0.29) is 11.5 Å². The second-order valence-electron chi connectivity index (χ2n) is 4.38. The number of carboxylic acids is 1. The van der Waals surface area contributed by atoms with Crippen LogP contribution in [0.1, 0.15) is 24.2 Å². The molecule has 0 aliphatic carbocycles. The van der Waals surface area contributed by atoms with Crippen LogP contribution in [-0.2, 0) is 4.79 Å². The number of aromatic carboxylic acids is 1. The molecule has 0 saturated heterocycles. The maximum absolute atomic E-state index is 11.3. The Labute approximate surface area is 105 Å². The van der Waals surface area contributed by atoms with Crippen LogP contribution in [0, 0.1) is 5.92 Å². The summed E-state index contributed by atoms with van der Waals surface area (Å²) in [6.45, 7) is 3.64. The van der Waals surface area contributed by atoms with Crippen molar-refractivity contribution in [1.82, 2.24) is 0 Å². The van der Waals surface area contributed by atoms with Gasteiger partial charge in [0.1, 0.15) is 6.04 Å². The molecule has 1 amide bonds. The summed E-state index contributed by atoms with van der Waals surface area (Å²) in [5, 5.41) is 11.9. The lowest BCUT2D eigenvalue weighted by Crippen LogP contribution is -2.39. The van der Waals surface area contributed by atoms with Crippen molar-refractivity contribution in [2.24, 2.45) is 11.7 Å². The third-order valence-corrected chi connectivity index (χ3v) is 2.56. The molecule has 6 N–H and O–H groups in total. The molecular weight excluding hydrogens is 234 g/mol. The number of carbonyl (C=O) groups is 2. The minimum Gasteiger partial charge on any atom is -0.478 e. The van der Waals surface area contributed by atoms with Crippen molar-refractivity contribution in [3.05, 3.63) is 23.8 Å². The van der Waals surface area contributed by atoms with E-state index in [1.165, 1.54) is 12.1 Å². The summed E-state index contributed by atoms with van der Waals surface area (Å²) in [5.74, 6) is -1.70. The van der Waals surface area contributed by atoms with E-state index in [0.29, 0.717) is 11.4 Å². The number of amides is 1. The fourth-order valence-corrected chi connectivity index (χ4v) is 1.60. The summed E-state index contributed by atoms with van der Waals surface area (Å²) >= 11 is 0. The van der Waals surface area contributed by atoms with Gasteiger partial charge in [-0.1, -0.05) is 13.8 Å². The van der Waals surface area contributed by atoms with Gasteiger partial charge in [-0.3, -0.25) is 4.79 Å². The number of rotatable bonds is 5. The van der Waals surface area contributed by atoms with Crippen molar-refractivity contribution in [1.29, 1.82) is 0 Å². The number of carboxylic acid groups (broad SMARTS) is 1. The topological polar surface area (TPSA) is 118 Å². The minimum absolute atomic E-state index is 0.0156. The van der Waals surface area contributed by atoms with E-state index in [1.807, 2.05) is 13.8 Å².